The van der Waals surface area contributed by atoms with Crippen LogP contribution in [-0.2, 0) is 13.6 Å². The van der Waals surface area contributed by atoms with Gasteiger partial charge in [0.1, 0.15) is 11.6 Å². The first-order chi connectivity index (χ1) is 15.9. The lowest BCUT2D eigenvalue weighted by Gasteiger charge is -2.33. The smallest absolute Gasteiger partial charge is 0.227 e. The number of aryl methyl sites for hydroxylation is 1. The van der Waals surface area contributed by atoms with Gasteiger partial charge >= 0.3 is 0 Å². The highest BCUT2D eigenvalue weighted by Gasteiger charge is 2.27. The van der Waals surface area contributed by atoms with Gasteiger partial charge in [0.05, 0.1) is 12.2 Å². The fourth-order valence-corrected chi connectivity index (χ4v) is 4.06. The molecule has 0 unspecified atom stereocenters. The largest absolute Gasteiger partial charge is 0.359 e. The third kappa shape index (κ3) is 5.11. The van der Waals surface area contributed by atoms with Crippen LogP contribution in [0, 0.1) is 0 Å². The van der Waals surface area contributed by atoms with E-state index in [2.05, 4.69) is 57.7 Å². The van der Waals surface area contributed by atoms with Gasteiger partial charge in [0.15, 0.2) is 11.6 Å². The summed E-state index contributed by atoms with van der Waals surface area (Å²) in [5.74, 6) is 4.72. The molecule has 0 atom stereocenters. The second-order valence-corrected chi connectivity index (χ2v) is 9.43. The molecule has 0 radical (unpaired) electrons. The second kappa shape index (κ2) is 9.01. The molecule has 1 saturated heterocycles. The summed E-state index contributed by atoms with van der Waals surface area (Å²) < 4.78 is 7.43. The van der Waals surface area contributed by atoms with E-state index in [-0.39, 0.29) is 0 Å². The van der Waals surface area contributed by atoms with Gasteiger partial charge in [-0.3, -0.25) is 4.68 Å². The molecule has 2 N–H and O–H groups in total. The summed E-state index contributed by atoms with van der Waals surface area (Å²) in [6, 6.07) is 6.12. The number of piperazine rings is 1. The standard InChI is InChI=1S/C23H33N9O/c1-15(2)18-11-17(33-29-18)14-24-23-26-20(13-22(27-23)32-9-7-30(3)8-10-32)25-21-12-19(16-5-6-16)31(4)28-21/h11-13,15-16H,5-10,14H2,1-4H3,(H2,24,25,26,27,28). The van der Waals surface area contributed by atoms with E-state index in [4.69, 9.17) is 14.5 Å². The van der Waals surface area contributed by atoms with E-state index >= 15 is 0 Å². The summed E-state index contributed by atoms with van der Waals surface area (Å²) in [6.45, 7) is 8.56. The molecule has 3 aromatic heterocycles. The zero-order chi connectivity index (χ0) is 22.9. The number of rotatable bonds is 8. The Morgan fingerprint density at radius 2 is 1.82 bits per heavy atom. The van der Waals surface area contributed by atoms with Gasteiger partial charge in [0, 0.05) is 63.0 Å². The number of hydrogen-bond donors (Lipinski definition) is 2. The van der Waals surface area contributed by atoms with Crippen LogP contribution < -0.4 is 15.5 Å². The maximum atomic E-state index is 5.46. The van der Waals surface area contributed by atoms with Crippen LogP contribution in [-0.4, -0.2) is 63.0 Å². The van der Waals surface area contributed by atoms with Crippen LogP contribution in [0.2, 0.25) is 0 Å². The van der Waals surface area contributed by atoms with Crippen molar-refractivity contribution in [1.29, 1.82) is 0 Å². The van der Waals surface area contributed by atoms with Crippen molar-refractivity contribution in [2.45, 2.75) is 45.1 Å². The van der Waals surface area contributed by atoms with Crippen molar-refractivity contribution < 1.29 is 4.52 Å². The summed E-state index contributed by atoms with van der Waals surface area (Å²) in [5, 5.41) is 15.5. The van der Waals surface area contributed by atoms with Crippen molar-refractivity contribution in [2.24, 2.45) is 7.05 Å². The molecule has 1 saturated carbocycles. The molecule has 2 aliphatic rings. The first-order valence-corrected chi connectivity index (χ1v) is 11.8. The van der Waals surface area contributed by atoms with E-state index < -0.39 is 0 Å². The van der Waals surface area contributed by atoms with Crippen LogP contribution in [0.3, 0.4) is 0 Å². The third-order valence-corrected chi connectivity index (χ3v) is 6.30. The summed E-state index contributed by atoms with van der Waals surface area (Å²) in [6.07, 6.45) is 2.49. The van der Waals surface area contributed by atoms with Crippen molar-refractivity contribution >= 4 is 23.4 Å². The zero-order valence-electron chi connectivity index (χ0n) is 19.9. The minimum Gasteiger partial charge on any atom is -0.359 e. The van der Waals surface area contributed by atoms with Gasteiger partial charge in [0.2, 0.25) is 5.95 Å². The van der Waals surface area contributed by atoms with Crippen molar-refractivity contribution in [1.82, 2.24) is 29.8 Å². The fraction of sp³-hybridized carbons (Fsp3) is 0.565. The molecular formula is C23H33N9O. The van der Waals surface area contributed by atoms with Crippen LogP contribution in [0.25, 0.3) is 0 Å². The lowest BCUT2D eigenvalue weighted by Crippen LogP contribution is -2.44. The third-order valence-electron chi connectivity index (χ3n) is 6.30. The van der Waals surface area contributed by atoms with E-state index in [0.29, 0.717) is 24.3 Å². The summed E-state index contributed by atoms with van der Waals surface area (Å²) in [5.41, 5.74) is 2.22. The van der Waals surface area contributed by atoms with Crippen LogP contribution in [0.1, 0.15) is 55.7 Å². The number of hydrogen-bond acceptors (Lipinski definition) is 9. The van der Waals surface area contributed by atoms with Crippen LogP contribution in [0.15, 0.2) is 22.7 Å². The minimum atomic E-state index is 0.328. The molecule has 2 fully saturated rings. The molecule has 1 aliphatic heterocycles. The number of aromatic nitrogens is 5. The van der Waals surface area contributed by atoms with Crippen LogP contribution in [0.4, 0.5) is 23.4 Å². The van der Waals surface area contributed by atoms with Gasteiger partial charge < -0.3 is 25.0 Å². The number of nitrogens with zero attached hydrogens (tertiary/aromatic N) is 7. The molecule has 10 heteroatoms. The number of likely N-dealkylation sites (N-methyl/N-ethyl adjacent to an activating group) is 1. The zero-order valence-corrected chi connectivity index (χ0v) is 19.9. The molecule has 33 heavy (non-hydrogen) atoms. The van der Waals surface area contributed by atoms with E-state index in [0.717, 1.165) is 55.1 Å². The molecule has 176 valence electrons. The predicted molar refractivity (Wildman–Crippen MR) is 128 cm³/mol. The maximum absolute atomic E-state index is 5.46. The topological polar surface area (TPSA) is 100 Å². The molecule has 4 heterocycles. The number of nitrogens with one attached hydrogen (secondary N) is 2. The summed E-state index contributed by atoms with van der Waals surface area (Å²) in [7, 11) is 4.16. The Balaban J connectivity index is 1.36. The molecule has 0 amide bonds. The van der Waals surface area contributed by atoms with Crippen molar-refractivity contribution in [3.05, 3.63) is 35.3 Å². The molecule has 10 nitrogen and oxygen atoms in total. The first kappa shape index (κ1) is 21.7. The monoisotopic (exact) mass is 451 g/mol. The SMILES string of the molecule is CC(C)c1cc(CNc2nc(Nc3cc(C4CC4)n(C)n3)cc(N3CCN(C)CC3)n2)on1. The first-order valence-electron chi connectivity index (χ1n) is 11.8. The molecule has 0 bridgehead atoms. The van der Waals surface area contributed by atoms with E-state index in [9.17, 15) is 0 Å². The van der Waals surface area contributed by atoms with Gasteiger partial charge in [-0.25, -0.2) is 0 Å². The Labute approximate surface area is 194 Å². The van der Waals surface area contributed by atoms with E-state index in [1.54, 1.807) is 0 Å². The Morgan fingerprint density at radius 3 is 2.52 bits per heavy atom. The fourth-order valence-electron chi connectivity index (χ4n) is 4.06. The van der Waals surface area contributed by atoms with Gasteiger partial charge in [-0.15, -0.1) is 0 Å². The maximum Gasteiger partial charge on any atom is 0.227 e. The van der Waals surface area contributed by atoms with Crippen LogP contribution in [0.5, 0.6) is 0 Å². The van der Waals surface area contributed by atoms with Crippen molar-refractivity contribution in [3.8, 4) is 0 Å². The van der Waals surface area contributed by atoms with Gasteiger partial charge in [0.25, 0.3) is 0 Å². The Morgan fingerprint density at radius 1 is 1.03 bits per heavy atom. The van der Waals surface area contributed by atoms with E-state index in [1.165, 1.54) is 18.5 Å². The average Bonchev–Trinajstić information content (AvgIpc) is 3.40. The summed E-state index contributed by atoms with van der Waals surface area (Å²) >= 11 is 0. The molecule has 5 rings (SSSR count). The lowest BCUT2D eigenvalue weighted by atomic mass is 10.1. The Kier molecular flexibility index (Phi) is 5.92. The lowest BCUT2D eigenvalue weighted by molar-refractivity contribution is 0.312. The molecule has 0 spiro atoms. The van der Waals surface area contributed by atoms with Gasteiger partial charge in [-0.2, -0.15) is 15.1 Å². The highest BCUT2D eigenvalue weighted by molar-refractivity contribution is 5.60. The van der Waals surface area contributed by atoms with Crippen molar-refractivity contribution in [3.63, 3.8) is 0 Å². The second-order valence-electron chi connectivity index (χ2n) is 9.43. The van der Waals surface area contributed by atoms with Gasteiger partial charge in [-0.1, -0.05) is 19.0 Å². The van der Waals surface area contributed by atoms with Crippen LogP contribution >= 0.6 is 0 Å². The molecule has 1 aliphatic carbocycles. The Bertz CT molecular complexity index is 1090. The number of anilines is 4. The molecular weight excluding hydrogens is 418 g/mol. The quantitative estimate of drug-likeness (QED) is 0.534. The highest BCUT2D eigenvalue weighted by Crippen LogP contribution is 2.40. The molecule has 0 aromatic carbocycles. The van der Waals surface area contributed by atoms with Gasteiger partial charge in [-0.05, 0) is 25.8 Å². The minimum absolute atomic E-state index is 0.328. The van der Waals surface area contributed by atoms with Crippen molar-refractivity contribution in [2.75, 3.05) is 48.8 Å². The summed E-state index contributed by atoms with van der Waals surface area (Å²) in [4.78, 5) is 14.1. The average molecular weight is 452 g/mol. The normalized spacial score (nSPS) is 17.1. The molecule has 3 aromatic rings. The highest BCUT2D eigenvalue weighted by atomic mass is 16.5. The Hall–Kier alpha value is -3.14. The predicted octanol–water partition coefficient (Wildman–Crippen LogP) is 3.31. The van der Waals surface area contributed by atoms with E-state index in [1.807, 2.05) is 23.9 Å².